The third-order valence-electron chi connectivity index (χ3n) is 3.52. The SMILES string of the molecule is COC(=O)C(C(=O)OC)=C(N)/C=C(\c1ccccc1)C(C)(C)CCl. The summed E-state index contributed by atoms with van der Waals surface area (Å²) in [7, 11) is 2.34. The molecule has 0 heterocycles. The van der Waals surface area contributed by atoms with E-state index in [1.807, 2.05) is 44.2 Å². The van der Waals surface area contributed by atoms with E-state index in [9.17, 15) is 9.59 Å². The van der Waals surface area contributed by atoms with Crippen LogP contribution in [0, 0.1) is 5.41 Å². The van der Waals surface area contributed by atoms with Crippen molar-refractivity contribution in [3.8, 4) is 0 Å². The van der Waals surface area contributed by atoms with Gasteiger partial charge in [0.25, 0.3) is 0 Å². The van der Waals surface area contributed by atoms with Crippen LogP contribution in [0.15, 0.2) is 47.7 Å². The quantitative estimate of drug-likeness (QED) is 0.213. The minimum Gasteiger partial charge on any atom is -0.465 e. The van der Waals surface area contributed by atoms with Crippen molar-refractivity contribution in [1.82, 2.24) is 0 Å². The minimum absolute atomic E-state index is 0.0363. The van der Waals surface area contributed by atoms with E-state index in [4.69, 9.17) is 17.3 Å². The Bertz CT molecular complexity index is 645. The van der Waals surface area contributed by atoms with Crippen LogP contribution in [0.25, 0.3) is 5.57 Å². The first kappa shape index (κ1) is 19.8. The molecule has 0 amide bonds. The second-order valence-corrected chi connectivity index (χ2v) is 6.02. The van der Waals surface area contributed by atoms with Gasteiger partial charge in [-0.25, -0.2) is 9.59 Å². The molecule has 0 spiro atoms. The molecule has 0 aromatic heterocycles. The molecule has 1 rings (SSSR count). The van der Waals surface area contributed by atoms with Crippen molar-refractivity contribution in [2.45, 2.75) is 13.8 Å². The fraction of sp³-hybridized carbons (Fsp3) is 0.333. The van der Waals surface area contributed by atoms with Gasteiger partial charge in [0, 0.05) is 11.3 Å². The molecular formula is C18H22ClNO4. The number of nitrogens with two attached hydrogens (primary N) is 1. The Morgan fingerprint density at radius 3 is 2.04 bits per heavy atom. The zero-order valence-corrected chi connectivity index (χ0v) is 15.0. The monoisotopic (exact) mass is 351 g/mol. The van der Waals surface area contributed by atoms with Gasteiger partial charge < -0.3 is 15.2 Å². The Labute approximate surface area is 147 Å². The van der Waals surface area contributed by atoms with Gasteiger partial charge in [0.1, 0.15) is 0 Å². The summed E-state index contributed by atoms with van der Waals surface area (Å²) in [5, 5.41) is 0. The number of hydrogen-bond donors (Lipinski definition) is 1. The van der Waals surface area contributed by atoms with Crippen molar-refractivity contribution >= 4 is 29.1 Å². The van der Waals surface area contributed by atoms with Gasteiger partial charge in [-0.1, -0.05) is 44.2 Å². The number of carbonyl (C=O) groups excluding carboxylic acids is 2. The fourth-order valence-corrected chi connectivity index (χ4v) is 2.25. The Morgan fingerprint density at radius 1 is 1.12 bits per heavy atom. The Morgan fingerprint density at radius 2 is 1.62 bits per heavy atom. The molecular weight excluding hydrogens is 330 g/mol. The van der Waals surface area contributed by atoms with Crippen molar-refractivity contribution < 1.29 is 19.1 Å². The minimum atomic E-state index is -0.855. The molecule has 0 unspecified atom stereocenters. The molecule has 0 bridgehead atoms. The van der Waals surface area contributed by atoms with Crippen LogP contribution in [0.3, 0.4) is 0 Å². The number of halogens is 1. The number of hydrogen-bond acceptors (Lipinski definition) is 5. The number of carbonyl (C=O) groups is 2. The summed E-state index contributed by atoms with van der Waals surface area (Å²) in [5.74, 6) is -1.38. The summed E-state index contributed by atoms with van der Waals surface area (Å²) in [6.45, 7) is 3.89. The lowest BCUT2D eigenvalue weighted by atomic mass is 9.81. The molecule has 0 atom stereocenters. The lowest BCUT2D eigenvalue weighted by Gasteiger charge is -2.26. The molecule has 0 aliphatic carbocycles. The number of rotatable bonds is 6. The summed E-state index contributed by atoms with van der Waals surface area (Å²) < 4.78 is 9.25. The zero-order valence-electron chi connectivity index (χ0n) is 14.3. The van der Waals surface area contributed by atoms with Crippen LogP contribution in [0.5, 0.6) is 0 Å². The highest BCUT2D eigenvalue weighted by Crippen LogP contribution is 2.36. The summed E-state index contributed by atoms with van der Waals surface area (Å²) in [6, 6.07) is 9.47. The predicted molar refractivity (Wildman–Crippen MR) is 94.2 cm³/mol. The largest absolute Gasteiger partial charge is 0.465 e. The first-order valence-corrected chi connectivity index (χ1v) is 7.82. The highest BCUT2D eigenvalue weighted by molar-refractivity contribution is 6.19. The summed E-state index contributed by atoms with van der Waals surface area (Å²) in [6.07, 6.45) is 1.57. The second-order valence-electron chi connectivity index (χ2n) is 5.76. The average molecular weight is 352 g/mol. The van der Waals surface area contributed by atoms with Crippen LogP contribution in [0.2, 0.25) is 0 Å². The van der Waals surface area contributed by atoms with Crippen LogP contribution in [-0.4, -0.2) is 32.0 Å². The van der Waals surface area contributed by atoms with Crippen LogP contribution >= 0.6 is 11.6 Å². The molecule has 1 aromatic rings. The molecule has 0 saturated carbocycles. The van der Waals surface area contributed by atoms with E-state index in [2.05, 4.69) is 9.47 Å². The lowest BCUT2D eigenvalue weighted by Crippen LogP contribution is -2.22. The van der Waals surface area contributed by atoms with E-state index in [0.29, 0.717) is 5.88 Å². The smallest absolute Gasteiger partial charge is 0.347 e. The highest BCUT2D eigenvalue weighted by Gasteiger charge is 2.27. The molecule has 0 radical (unpaired) electrons. The van der Waals surface area contributed by atoms with Gasteiger partial charge in [0.15, 0.2) is 5.57 Å². The summed E-state index contributed by atoms with van der Waals surface area (Å²) in [5.41, 5.74) is 6.88. The number of allylic oxidation sites excluding steroid dienone is 2. The van der Waals surface area contributed by atoms with Crippen LogP contribution in [0.4, 0.5) is 0 Å². The molecule has 0 saturated heterocycles. The maximum absolute atomic E-state index is 11.9. The molecule has 0 aliphatic heterocycles. The first-order chi connectivity index (χ1) is 11.3. The van der Waals surface area contributed by atoms with Crippen LogP contribution < -0.4 is 5.73 Å². The van der Waals surface area contributed by atoms with Crippen LogP contribution in [-0.2, 0) is 19.1 Å². The molecule has 0 fully saturated rings. The molecule has 5 nitrogen and oxygen atoms in total. The molecule has 1 aromatic carbocycles. The summed E-state index contributed by atoms with van der Waals surface area (Å²) >= 11 is 6.10. The van der Waals surface area contributed by atoms with Gasteiger partial charge in [0.05, 0.1) is 19.9 Å². The summed E-state index contributed by atoms with van der Waals surface area (Å²) in [4.78, 5) is 23.7. The van der Waals surface area contributed by atoms with Crippen molar-refractivity contribution in [2.75, 3.05) is 20.1 Å². The topological polar surface area (TPSA) is 78.6 Å². The van der Waals surface area contributed by atoms with E-state index in [1.54, 1.807) is 6.08 Å². The third-order valence-corrected chi connectivity index (χ3v) is 4.18. The Kier molecular flexibility index (Phi) is 7.04. The van der Waals surface area contributed by atoms with Gasteiger partial charge in [0.2, 0.25) is 0 Å². The van der Waals surface area contributed by atoms with Crippen molar-refractivity contribution in [1.29, 1.82) is 0 Å². The predicted octanol–water partition coefficient (Wildman–Crippen LogP) is 2.89. The Balaban J connectivity index is 3.58. The average Bonchev–Trinajstić information content (AvgIpc) is 2.59. The molecule has 130 valence electrons. The van der Waals surface area contributed by atoms with E-state index >= 15 is 0 Å². The molecule has 6 heteroatoms. The van der Waals surface area contributed by atoms with Gasteiger partial charge >= 0.3 is 11.9 Å². The van der Waals surface area contributed by atoms with Gasteiger partial charge in [-0.15, -0.1) is 11.6 Å². The maximum Gasteiger partial charge on any atom is 0.347 e. The first-order valence-electron chi connectivity index (χ1n) is 7.28. The second kappa shape index (κ2) is 8.55. The van der Waals surface area contributed by atoms with Gasteiger partial charge in [-0.3, -0.25) is 0 Å². The number of ether oxygens (including phenoxy) is 2. The lowest BCUT2D eigenvalue weighted by molar-refractivity contribution is -0.144. The molecule has 24 heavy (non-hydrogen) atoms. The van der Waals surface area contributed by atoms with E-state index in [-0.39, 0.29) is 11.3 Å². The standard InChI is InChI=1S/C18H22ClNO4/c1-18(2,11-19)13(12-8-6-5-7-9-12)10-14(20)15(16(21)23-3)17(22)24-4/h5-10H,11,20H2,1-4H3/b13-10+. The zero-order chi connectivity index (χ0) is 18.3. The third kappa shape index (κ3) is 4.61. The van der Waals surface area contributed by atoms with Gasteiger partial charge in [-0.05, 0) is 17.2 Å². The van der Waals surface area contributed by atoms with Crippen molar-refractivity contribution in [3.05, 3.63) is 53.2 Å². The number of benzene rings is 1. The highest BCUT2D eigenvalue weighted by atomic mass is 35.5. The van der Waals surface area contributed by atoms with E-state index < -0.39 is 17.4 Å². The maximum atomic E-state index is 11.9. The van der Waals surface area contributed by atoms with Crippen molar-refractivity contribution in [3.63, 3.8) is 0 Å². The fourth-order valence-electron chi connectivity index (χ4n) is 2.11. The molecule has 2 N–H and O–H groups in total. The van der Waals surface area contributed by atoms with Crippen LogP contribution in [0.1, 0.15) is 19.4 Å². The normalized spacial score (nSPS) is 11.6. The van der Waals surface area contributed by atoms with E-state index in [1.165, 1.54) is 14.2 Å². The number of methoxy groups -OCH3 is 2. The number of alkyl halides is 1. The van der Waals surface area contributed by atoms with Crippen molar-refractivity contribution in [2.24, 2.45) is 11.1 Å². The van der Waals surface area contributed by atoms with Gasteiger partial charge in [-0.2, -0.15) is 0 Å². The Hall–Kier alpha value is -2.27. The molecule has 0 aliphatic rings. The number of esters is 2. The van der Waals surface area contributed by atoms with E-state index in [0.717, 1.165) is 11.1 Å².